The first-order valence-corrected chi connectivity index (χ1v) is 9.30. The predicted octanol–water partition coefficient (Wildman–Crippen LogP) is 3.93. The van der Waals surface area contributed by atoms with Gasteiger partial charge in [0.15, 0.2) is 0 Å². The molecule has 0 fully saturated rings. The largest absolute Gasteiger partial charge is 0.496 e. The summed E-state index contributed by atoms with van der Waals surface area (Å²) in [4.78, 5) is 16.6. The Morgan fingerprint density at radius 3 is 2.96 bits per heavy atom. The number of nitrogens with one attached hydrogen (secondary N) is 1. The standard InChI is InChI=1S/C19H21N3O3S/c1-12-4-5-16(24-3)15(10-12)13(2)20-17(23)6-7-18-21-19(22-25-18)14-8-9-26-11-14/h4-5,8-11,13H,6-7H2,1-3H3,(H,20,23)/t13-/m0/s1. The molecule has 0 aliphatic rings. The molecule has 0 unspecified atom stereocenters. The SMILES string of the molecule is COc1ccc(C)cc1[C@H](C)NC(=O)CCc1nc(-c2ccsc2)no1. The lowest BCUT2D eigenvalue weighted by molar-refractivity contribution is -0.121. The van der Waals surface area contributed by atoms with Gasteiger partial charge in [-0.05, 0) is 31.4 Å². The van der Waals surface area contributed by atoms with E-state index in [-0.39, 0.29) is 18.4 Å². The highest BCUT2D eigenvalue weighted by Crippen LogP contribution is 2.26. The summed E-state index contributed by atoms with van der Waals surface area (Å²) >= 11 is 1.57. The second kappa shape index (κ2) is 8.14. The van der Waals surface area contributed by atoms with Crippen molar-refractivity contribution < 1.29 is 14.1 Å². The Labute approximate surface area is 156 Å². The highest BCUT2D eigenvalue weighted by Gasteiger charge is 2.16. The van der Waals surface area contributed by atoms with Crippen LogP contribution < -0.4 is 10.1 Å². The number of benzene rings is 1. The summed E-state index contributed by atoms with van der Waals surface area (Å²) in [6, 6.07) is 7.70. The molecule has 26 heavy (non-hydrogen) atoms. The number of hydrogen-bond acceptors (Lipinski definition) is 6. The Morgan fingerprint density at radius 1 is 1.38 bits per heavy atom. The van der Waals surface area contributed by atoms with Gasteiger partial charge in [-0.3, -0.25) is 4.79 Å². The third-order valence-corrected chi connectivity index (χ3v) is 4.73. The molecule has 3 aromatic rings. The molecule has 3 rings (SSSR count). The molecule has 0 radical (unpaired) electrons. The zero-order valence-electron chi connectivity index (χ0n) is 15.0. The fourth-order valence-electron chi connectivity index (χ4n) is 2.67. The van der Waals surface area contributed by atoms with Gasteiger partial charge in [-0.2, -0.15) is 16.3 Å². The molecule has 1 atom stereocenters. The Hall–Kier alpha value is -2.67. The molecule has 0 spiro atoms. The minimum Gasteiger partial charge on any atom is -0.496 e. The van der Waals surface area contributed by atoms with Crippen LogP contribution in [0.1, 0.15) is 36.4 Å². The first-order chi connectivity index (χ1) is 12.6. The third kappa shape index (κ3) is 4.29. The van der Waals surface area contributed by atoms with Gasteiger partial charge in [0.1, 0.15) is 5.75 Å². The van der Waals surface area contributed by atoms with Crippen molar-refractivity contribution in [3.05, 3.63) is 52.0 Å². The quantitative estimate of drug-likeness (QED) is 0.681. The number of methoxy groups -OCH3 is 1. The Bertz CT molecular complexity index is 874. The second-order valence-electron chi connectivity index (χ2n) is 6.06. The highest BCUT2D eigenvalue weighted by atomic mass is 32.1. The molecule has 2 heterocycles. The predicted molar refractivity (Wildman–Crippen MR) is 100 cm³/mol. The minimum atomic E-state index is -0.151. The summed E-state index contributed by atoms with van der Waals surface area (Å²) in [5.74, 6) is 1.71. The number of thiophene rings is 1. The van der Waals surface area contributed by atoms with E-state index < -0.39 is 0 Å². The molecule has 1 aromatic carbocycles. The Balaban J connectivity index is 1.57. The van der Waals surface area contributed by atoms with Crippen LogP contribution in [-0.2, 0) is 11.2 Å². The molecule has 7 heteroatoms. The highest BCUT2D eigenvalue weighted by molar-refractivity contribution is 7.08. The molecule has 136 valence electrons. The van der Waals surface area contributed by atoms with Crippen LogP contribution in [0.3, 0.4) is 0 Å². The number of carbonyl (C=O) groups excluding carboxylic acids is 1. The van der Waals surface area contributed by atoms with Crippen molar-refractivity contribution in [2.75, 3.05) is 7.11 Å². The van der Waals surface area contributed by atoms with Crippen molar-refractivity contribution in [1.82, 2.24) is 15.5 Å². The van der Waals surface area contributed by atoms with Crippen molar-refractivity contribution >= 4 is 17.2 Å². The van der Waals surface area contributed by atoms with Gasteiger partial charge >= 0.3 is 0 Å². The van der Waals surface area contributed by atoms with Gasteiger partial charge < -0.3 is 14.6 Å². The number of aromatic nitrogens is 2. The van der Waals surface area contributed by atoms with Crippen LogP contribution in [0.2, 0.25) is 0 Å². The summed E-state index contributed by atoms with van der Waals surface area (Å²) in [6.07, 6.45) is 0.685. The van der Waals surface area contributed by atoms with Gasteiger partial charge in [0, 0.05) is 29.3 Å². The molecule has 6 nitrogen and oxygen atoms in total. The van der Waals surface area contributed by atoms with Crippen molar-refractivity contribution in [2.24, 2.45) is 0 Å². The molecule has 0 aliphatic carbocycles. The van der Waals surface area contributed by atoms with Gasteiger partial charge in [0.25, 0.3) is 0 Å². The first-order valence-electron chi connectivity index (χ1n) is 8.36. The maximum atomic E-state index is 12.3. The van der Waals surface area contributed by atoms with E-state index in [1.54, 1.807) is 18.4 Å². The van der Waals surface area contributed by atoms with Crippen LogP contribution in [0.25, 0.3) is 11.4 Å². The van der Waals surface area contributed by atoms with Crippen LogP contribution >= 0.6 is 11.3 Å². The van der Waals surface area contributed by atoms with E-state index in [2.05, 4.69) is 15.5 Å². The molecule has 0 aliphatic heterocycles. The second-order valence-corrected chi connectivity index (χ2v) is 6.84. The van der Waals surface area contributed by atoms with Crippen LogP contribution in [0.15, 0.2) is 39.5 Å². The summed E-state index contributed by atoms with van der Waals surface area (Å²) in [6.45, 7) is 3.95. The molecule has 1 amide bonds. The average Bonchev–Trinajstić information content (AvgIpc) is 3.31. The smallest absolute Gasteiger partial charge is 0.227 e. The van der Waals surface area contributed by atoms with Crippen molar-refractivity contribution in [3.63, 3.8) is 0 Å². The third-order valence-electron chi connectivity index (χ3n) is 4.04. The number of ether oxygens (including phenoxy) is 1. The topological polar surface area (TPSA) is 77.2 Å². The molecular weight excluding hydrogens is 350 g/mol. The van der Waals surface area contributed by atoms with Crippen molar-refractivity contribution in [3.8, 4) is 17.1 Å². The number of nitrogens with zero attached hydrogens (tertiary/aromatic N) is 2. The normalized spacial score (nSPS) is 12.0. The fraction of sp³-hybridized carbons (Fsp3) is 0.316. The summed E-state index contributed by atoms with van der Waals surface area (Å²) in [5.41, 5.74) is 3.00. The molecule has 0 saturated heterocycles. The number of rotatable bonds is 7. The van der Waals surface area contributed by atoms with Crippen LogP contribution in [0.5, 0.6) is 5.75 Å². The Morgan fingerprint density at radius 2 is 2.23 bits per heavy atom. The van der Waals surface area contributed by atoms with Gasteiger partial charge in [0.2, 0.25) is 17.6 Å². The Kier molecular flexibility index (Phi) is 5.68. The van der Waals surface area contributed by atoms with E-state index in [0.717, 1.165) is 22.4 Å². The van der Waals surface area contributed by atoms with E-state index in [0.29, 0.717) is 18.1 Å². The van der Waals surface area contributed by atoms with Gasteiger partial charge in [-0.1, -0.05) is 22.9 Å². The van der Waals surface area contributed by atoms with Gasteiger partial charge in [0.05, 0.1) is 13.2 Å². The minimum absolute atomic E-state index is 0.0728. The monoisotopic (exact) mass is 371 g/mol. The zero-order valence-corrected chi connectivity index (χ0v) is 15.8. The van der Waals surface area contributed by atoms with Crippen LogP contribution in [0, 0.1) is 6.92 Å². The lowest BCUT2D eigenvalue weighted by Crippen LogP contribution is -2.27. The lowest BCUT2D eigenvalue weighted by Gasteiger charge is -2.17. The zero-order chi connectivity index (χ0) is 18.5. The van der Waals surface area contributed by atoms with E-state index in [1.807, 2.05) is 48.9 Å². The molecule has 1 N–H and O–H groups in total. The summed E-state index contributed by atoms with van der Waals surface area (Å²) in [5, 5.41) is 10.9. The van der Waals surface area contributed by atoms with Gasteiger partial charge in [-0.15, -0.1) is 0 Å². The number of aryl methyl sites for hydroxylation is 2. The lowest BCUT2D eigenvalue weighted by atomic mass is 10.0. The van der Waals surface area contributed by atoms with E-state index in [9.17, 15) is 4.79 Å². The fourth-order valence-corrected chi connectivity index (χ4v) is 3.30. The van der Waals surface area contributed by atoms with Gasteiger partial charge in [-0.25, -0.2) is 0 Å². The van der Waals surface area contributed by atoms with Crippen molar-refractivity contribution in [1.29, 1.82) is 0 Å². The summed E-state index contributed by atoms with van der Waals surface area (Å²) < 4.78 is 10.6. The van der Waals surface area contributed by atoms with Crippen molar-refractivity contribution in [2.45, 2.75) is 32.7 Å². The van der Waals surface area contributed by atoms with E-state index in [4.69, 9.17) is 9.26 Å². The molecular formula is C19H21N3O3S. The van der Waals surface area contributed by atoms with Crippen LogP contribution in [0.4, 0.5) is 0 Å². The maximum absolute atomic E-state index is 12.3. The van der Waals surface area contributed by atoms with E-state index >= 15 is 0 Å². The number of hydrogen-bond donors (Lipinski definition) is 1. The molecule has 2 aromatic heterocycles. The summed E-state index contributed by atoms with van der Waals surface area (Å²) in [7, 11) is 1.63. The molecule has 0 bridgehead atoms. The van der Waals surface area contributed by atoms with E-state index in [1.165, 1.54) is 0 Å². The molecule has 0 saturated carbocycles. The number of amides is 1. The average molecular weight is 371 g/mol. The van der Waals surface area contributed by atoms with Crippen LogP contribution in [-0.4, -0.2) is 23.2 Å². The first kappa shape index (κ1) is 18.1. The maximum Gasteiger partial charge on any atom is 0.227 e. The number of carbonyl (C=O) groups is 1.